The van der Waals surface area contributed by atoms with Crippen molar-refractivity contribution in [2.75, 3.05) is 26.3 Å². The maximum absolute atomic E-state index is 14.3. The number of rotatable bonds is 9. The second-order valence-electron chi connectivity index (χ2n) is 11.9. The minimum atomic E-state index is -1.03. The van der Waals surface area contributed by atoms with Gasteiger partial charge in [-0.25, -0.2) is 0 Å². The minimum Gasteiger partial charge on any atom is -0.493 e. The Kier molecular flexibility index (Phi) is 12.3. The molecule has 3 aliphatic rings. The summed E-state index contributed by atoms with van der Waals surface area (Å²) in [7, 11) is 0. The Morgan fingerprint density at radius 1 is 1.14 bits per heavy atom. The van der Waals surface area contributed by atoms with E-state index in [1.54, 1.807) is 0 Å². The molecule has 4 rings (SSSR count). The third-order valence-corrected chi connectivity index (χ3v) is 8.57. The van der Waals surface area contributed by atoms with Gasteiger partial charge in [-0.2, -0.15) is 0 Å². The molecule has 3 N–H and O–H groups in total. The average Bonchev–Trinajstić information content (AvgIpc) is 3.46. The van der Waals surface area contributed by atoms with Crippen LogP contribution in [-0.4, -0.2) is 84.8 Å². The van der Waals surface area contributed by atoms with Crippen LogP contribution in [0.4, 0.5) is 0 Å². The summed E-state index contributed by atoms with van der Waals surface area (Å²) in [4.78, 5) is 68.2. The first-order valence-electron chi connectivity index (χ1n) is 16.0. The van der Waals surface area contributed by atoms with Gasteiger partial charge in [0.05, 0.1) is 31.8 Å². The monoisotopic (exact) mass is 610 g/mol. The third kappa shape index (κ3) is 8.90. The highest BCUT2D eigenvalue weighted by molar-refractivity contribution is 6.38. The maximum atomic E-state index is 14.3. The lowest BCUT2D eigenvalue weighted by atomic mass is 9.83. The third-order valence-electron chi connectivity index (χ3n) is 8.57. The van der Waals surface area contributed by atoms with Crippen molar-refractivity contribution in [3.8, 4) is 5.75 Å². The van der Waals surface area contributed by atoms with Crippen molar-refractivity contribution in [1.82, 2.24) is 20.9 Å². The number of hydrogen-bond acceptors (Lipinski definition) is 7. The molecule has 11 heteroatoms. The van der Waals surface area contributed by atoms with Crippen LogP contribution in [0.25, 0.3) is 0 Å². The summed E-state index contributed by atoms with van der Waals surface area (Å²) < 4.78 is 12.0. The van der Waals surface area contributed by atoms with Gasteiger partial charge in [-0.05, 0) is 42.9 Å². The zero-order chi connectivity index (χ0) is 31.5. The number of carbonyl (C=O) groups excluding carboxylic acids is 5. The lowest BCUT2D eigenvalue weighted by Gasteiger charge is -2.35. The summed E-state index contributed by atoms with van der Waals surface area (Å²) in [6.45, 7) is 6.51. The Hall–Kier alpha value is -3.73. The molecule has 4 atom stereocenters. The van der Waals surface area contributed by atoms with E-state index in [9.17, 15) is 24.0 Å². The van der Waals surface area contributed by atoms with Gasteiger partial charge in [-0.1, -0.05) is 50.8 Å². The van der Waals surface area contributed by atoms with Crippen LogP contribution in [0, 0.1) is 5.92 Å². The predicted molar refractivity (Wildman–Crippen MR) is 164 cm³/mol. The highest BCUT2D eigenvalue weighted by Crippen LogP contribution is 2.30. The smallest absolute Gasteiger partial charge is 0.289 e. The fourth-order valence-corrected chi connectivity index (χ4v) is 6.33. The molecule has 0 aromatic heterocycles. The first-order chi connectivity index (χ1) is 21.3. The number of ketones is 1. The molecule has 44 heavy (non-hydrogen) atoms. The molecule has 4 amide bonds. The van der Waals surface area contributed by atoms with Crippen LogP contribution in [0.3, 0.4) is 0 Å². The molecule has 1 aromatic carbocycles. The van der Waals surface area contributed by atoms with Crippen molar-refractivity contribution in [1.29, 1.82) is 0 Å². The van der Waals surface area contributed by atoms with Gasteiger partial charge in [0.2, 0.25) is 23.5 Å². The molecule has 4 bridgehead atoms. The van der Waals surface area contributed by atoms with E-state index in [0.717, 1.165) is 37.7 Å². The molecular weight excluding hydrogens is 564 g/mol. The Morgan fingerprint density at radius 2 is 1.93 bits per heavy atom. The van der Waals surface area contributed by atoms with Crippen LogP contribution in [-0.2, 0) is 35.1 Å². The first kappa shape index (κ1) is 33.2. The van der Waals surface area contributed by atoms with Gasteiger partial charge in [0.15, 0.2) is 0 Å². The molecule has 0 spiro atoms. The molecule has 2 aliphatic heterocycles. The summed E-state index contributed by atoms with van der Waals surface area (Å²) in [5.41, 5.74) is 0.778. The quantitative estimate of drug-likeness (QED) is 0.287. The second-order valence-corrected chi connectivity index (χ2v) is 11.9. The topological polar surface area (TPSA) is 143 Å². The van der Waals surface area contributed by atoms with Gasteiger partial charge in [0.1, 0.15) is 17.8 Å². The molecule has 240 valence electrons. The van der Waals surface area contributed by atoms with Gasteiger partial charge in [0.25, 0.3) is 5.91 Å². The standard InChI is InChI=1S/C33H46N4O7/c1-3-10-26(30(39)32(41)34-15-4-2)35-31(40)27-20-25-21-37(27)33(42)29(23-12-6-5-7-13-23)36-28(38)19-22-11-8-14-24(18-22)43-16-9-17-44-25/h4,8,11,14,18,23,25-27,29H,2-3,5-7,9-10,12-13,15-17,19-21H2,1H3,(H,34,41)(H,35,40)(H,36,38)/t25-,26?,27+,29+/m1/s1. The number of ether oxygens (including phenoxy) is 2. The fraction of sp³-hybridized carbons (Fsp3) is 0.606. The Balaban J connectivity index is 1.58. The van der Waals surface area contributed by atoms with Crippen LogP contribution < -0.4 is 20.7 Å². The zero-order valence-corrected chi connectivity index (χ0v) is 25.7. The molecule has 1 saturated heterocycles. The minimum absolute atomic E-state index is 0.0552. The van der Waals surface area contributed by atoms with Crippen molar-refractivity contribution in [3.05, 3.63) is 42.5 Å². The van der Waals surface area contributed by atoms with Gasteiger partial charge in [0, 0.05) is 25.9 Å². The van der Waals surface area contributed by atoms with Gasteiger partial charge in [-0.3, -0.25) is 24.0 Å². The number of Topliss-reactive ketones (excluding diaryl/α,β-unsaturated/α-hetero) is 1. The molecule has 1 aromatic rings. The molecule has 1 unspecified atom stereocenters. The lowest BCUT2D eigenvalue weighted by molar-refractivity contribution is -0.144. The summed E-state index contributed by atoms with van der Waals surface area (Å²) in [6.07, 6.45) is 7.44. The molecule has 1 aliphatic carbocycles. The Labute approximate surface area is 259 Å². The van der Waals surface area contributed by atoms with Gasteiger partial charge < -0.3 is 30.3 Å². The number of fused-ring (bicyclic) bond motifs is 4. The van der Waals surface area contributed by atoms with E-state index in [4.69, 9.17) is 9.47 Å². The highest BCUT2D eigenvalue weighted by Gasteiger charge is 2.45. The summed E-state index contributed by atoms with van der Waals surface area (Å²) in [5, 5.41) is 8.26. The zero-order valence-electron chi connectivity index (χ0n) is 25.7. The first-order valence-corrected chi connectivity index (χ1v) is 16.0. The predicted octanol–water partition coefficient (Wildman–Crippen LogP) is 2.22. The summed E-state index contributed by atoms with van der Waals surface area (Å²) in [6, 6.07) is 4.64. The summed E-state index contributed by atoms with van der Waals surface area (Å²) in [5.74, 6) is -2.03. The van der Waals surface area contributed by atoms with Crippen LogP contribution in [0.15, 0.2) is 36.9 Å². The molecule has 2 fully saturated rings. The molecule has 2 heterocycles. The van der Waals surface area contributed by atoms with Crippen LogP contribution >= 0.6 is 0 Å². The normalized spacial score (nSPS) is 24.0. The average molecular weight is 611 g/mol. The number of nitrogens with one attached hydrogen (secondary N) is 3. The van der Waals surface area contributed by atoms with Crippen molar-refractivity contribution >= 4 is 29.4 Å². The molecular formula is C33H46N4O7. The number of carbonyl (C=O) groups is 5. The number of hydrogen-bond donors (Lipinski definition) is 3. The lowest BCUT2D eigenvalue weighted by Crippen LogP contribution is -2.58. The van der Waals surface area contributed by atoms with Gasteiger partial charge >= 0.3 is 0 Å². The van der Waals surface area contributed by atoms with E-state index in [1.165, 1.54) is 11.0 Å². The van der Waals surface area contributed by atoms with Crippen molar-refractivity contribution in [2.45, 2.75) is 95.4 Å². The highest BCUT2D eigenvalue weighted by atomic mass is 16.5. The molecule has 11 nitrogen and oxygen atoms in total. The van der Waals surface area contributed by atoms with Crippen molar-refractivity contribution in [3.63, 3.8) is 0 Å². The van der Waals surface area contributed by atoms with E-state index < -0.39 is 41.8 Å². The second kappa shape index (κ2) is 16.4. The summed E-state index contributed by atoms with van der Waals surface area (Å²) >= 11 is 0. The van der Waals surface area contributed by atoms with Crippen LogP contribution in [0.1, 0.15) is 70.3 Å². The van der Waals surface area contributed by atoms with Crippen molar-refractivity contribution in [2.24, 2.45) is 5.92 Å². The molecule has 1 saturated carbocycles. The molecule has 0 radical (unpaired) electrons. The maximum Gasteiger partial charge on any atom is 0.289 e. The fourth-order valence-electron chi connectivity index (χ4n) is 6.33. The van der Waals surface area contributed by atoms with E-state index >= 15 is 0 Å². The number of amides is 4. The van der Waals surface area contributed by atoms with E-state index in [2.05, 4.69) is 22.5 Å². The van der Waals surface area contributed by atoms with Crippen molar-refractivity contribution < 1.29 is 33.4 Å². The van der Waals surface area contributed by atoms with Crippen LogP contribution in [0.2, 0.25) is 0 Å². The van der Waals surface area contributed by atoms with Crippen LogP contribution in [0.5, 0.6) is 5.75 Å². The Bertz CT molecular complexity index is 1200. The van der Waals surface area contributed by atoms with E-state index in [1.807, 2.05) is 31.2 Å². The number of benzene rings is 1. The Morgan fingerprint density at radius 3 is 2.68 bits per heavy atom. The largest absolute Gasteiger partial charge is 0.493 e. The van der Waals surface area contributed by atoms with E-state index in [0.29, 0.717) is 31.8 Å². The SMILES string of the molecule is C=CCNC(=O)C(=O)C(CCC)NC(=O)[C@@H]1C[C@@H]2CN1C(=O)[C@H](C1CCCCC1)NC(=O)Cc1cccc(c1)OCCCO2. The number of nitrogens with zero attached hydrogens (tertiary/aromatic N) is 1. The van der Waals surface area contributed by atoms with E-state index in [-0.39, 0.29) is 50.1 Å². The van der Waals surface area contributed by atoms with Gasteiger partial charge in [-0.15, -0.1) is 6.58 Å².